The Balaban J connectivity index is 1.94. The number of quaternary nitrogens is 1. The standard InChI is InChI=1S/C23H37N3O4/c1-24(2)13-14-25(3)11-9-20-17-26(12-10-19(20)16-23(28)29)22(27)15-18-5-7-21(30-4)8-6-18/h5-8,19-20H,9-17H2,1-4H3,(H,28,29)/t19-,20-/m0/s1. The maximum atomic E-state index is 12.9. The molecule has 1 aliphatic rings. The third kappa shape index (κ3) is 7.95. The van der Waals surface area contributed by atoms with Crippen molar-refractivity contribution in [2.24, 2.45) is 11.8 Å². The van der Waals surface area contributed by atoms with Crippen molar-refractivity contribution in [1.82, 2.24) is 9.80 Å². The maximum Gasteiger partial charge on any atom is 0.226 e. The van der Waals surface area contributed by atoms with Crippen LogP contribution in [0.15, 0.2) is 24.3 Å². The molecule has 7 nitrogen and oxygen atoms in total. The number of ether oxygens (including phenoxy) is 1. The van der Waals surface area contributed by atoms with Crippen LogP contribution < -0.4 is 14.7 Å². The summed E-state index contributed by atoms with van der Waals surface area (Å²) in [5, 5.41) is 11.2. The summed E-state index contributed by atoms with van der Waals surface area (Å²) in [5.74, 6) is 0.171. The molecular weight excluding hydrogens is 382 g/mol. The Bertz CT molecular complexity index is 678. The van der Waals surface area contributed by atoms with Gasteiger partial charge in [-0.2, -0.15) is 0 Å². The first-order valence-corrected chi connectivity index (χ1v) is 10.8. The van der Waals surface area contributed by atoms with Crippen molar-refractivity contribution in [2.75, 3.05) is 61.0 Å². The molecule has 168 valence electrons. The van der Waals surface area contributed by atoms with E-state index in [9.17, 15) is 14.7 Å². The minimum absolute atomic E-state index is 0.0849. The summed E-state index contributed by atoms with van der Waals surface area (Å²) in [6.07, 6.45) is 2.09. The van der Waals surface area contributed by atoms with Crippen LogP contribution in [0.4, 0.5) is 0 Å². The number of methoxy groups -OCH3 is 1. The SMILES string of the molecule is COc1ccc(CC(=O)N2CC[C@@H](CC(=O)[O-])[C@@H](CC[NH+](C)CCN(C)C)C2)cc1. The number of nitrogens with zero attached hydrogens (tertiary/aromatic N) is 2. The van der Waals surface area contributed by atoms with E-state index < -0.39 is 5.97 Å². The molecule has 1 heterocycles. The van der Waals surface area contributed by atoms with E-state index in [4.69, 9.17) is 4.74 Å². The van der Waals surface area contributed by atoms with Gasteiger partial charge in [-0.25, -0.2) is 0 Å². The van der Waals surface area contributed by atoms with Gasteiger partial charge in [0.2, 0.25) is 5.91 Å². The van der Waals surface area contributed by atoms with E-state index in [0.717, 1.165) is 43.8 Å². The van der Waals surface area contributed by atoms with Gasteiger partial charge in [0.05, 0.1) is 33.7 Å². The summed E-state index contributed by atoms with van der Waals surface area (Å²) in [5.41, 5.74) is 0.960. The predicted octanol–water partition coefficient (Wildman–Crippen LogP) is -0.691. The molecule has 7 heteroatoms. The molecule has 0 saturated carbocycles. The van der Waals surface area contributed by atoms with Gasteiger partial charge in [0.25, 0.3) is 0 Å². The molecule has 0 aromatic heterocycles. The van der Waals surface area contributed by atoms with Crippen molar-refractivity contribution in [2.45, 2.75) is 25.7 Å². The number of carbonyl (C=O) groups excluding carboxylic acids is 2. The number of likely N-dealkylation sites (tertiary alicyclic amines) is 1. The maximum absolute atomic E-state index is 12.9. The highest BCUT2D eigenvalue weighted by atomic mass is 16.5. The smallest absolute Gasteiger partial charge is 0.226 e. The number of piperidine rings is 1. The Morgan fingerprint density at radius 1 is 1.20 bits per heavy atom. The summed E-state index contributed by atoms with van der Waals surface area (Å²) in [6.45, 7) is 4.29. The number of hydrogen-bond acceptors (Lipinski definition) is 5. The number of benzene rings is 1. The van der Waals surface area contributed by atoms with E-state index in [2.05, 4.69) is 26.0 Å². The normalized spacial score (nSPS) is 20.2. The average Bonchev–Trinajstić information content (AvgIpc) is 2.71. The zero-order chi connectivity index (χ0) is 22.1. The van der Waals surface area contributed by atoms with Crippen molar-refractivity contribution in [1.29, 1.82) is 0 Å². The number of rotatable bonds is 11. The zero-order valence-electron chi connectivity index (χ0n) is 18.9. The van der Waals surface area contributed by atoms with Crippen LogP contribution in [0.3, 0.4) is 0 Å². The summed E-state index contributed by atoms with van der Waals surface area (Å²) in [4.78, 5) is 29.6. The largest absolute Gasteiger partial charge is 0.550 e. The monoisotopic (exact) mass is 419 g/mol. The van der Waals surface area contributed by atoms with E-state index in [-0.39, 0.29) is 24.2 Å². The predicted molar refractivity (Wildman–Crippen MR) is 114 cm³/mol. The first-order chi connectivity index (χ1) is 14.3. The van der Waals surface area contributed by atoms with Gasteiger partial charge >= 0.3 is 0 Å². The first-order valence-electron chi connectivity index (χ1n) is 10.8. The Kier molecular flexibility index (Phi) is 9.59. The Morgan fingerprint density at radius 2 is 1.90 bits per heavy atom. The Hall–Kier alpha value is -2.12. The van der Waals surface area contributed by atoms with Crippen LogP contribution >= 0.6 is 0 Å². The van der Waals surface area contributed by atoms with Gasteiger partial charge in [-0.15, -0.1) is 0 Å². The third-order valence-electron chi connectivity index (χ3n) is 6.12. The molecule has 1 aromatic carbocycles. The second kappa shape index (κ2) is 11.9. The molecule has 0 spiro atoms. The van der Waals surface area contributed by atoms with Gasteiger partial charge in [-0.3, -0.25) is 4.79 Å². The van der Waals surface area contributed by atoms with Gasteiger partial charge in [0.15, 0.2) is 0 Å². The Morgan fingerprint density at radius 3 is 2.50 bits per heavy atom. The van der Waals surface area contributed by atoms with Crippen molar-refractivity contribution in [3.8, 4) is 5.75 Å². The topological polar surface area (TPSA) is 77.3 Å². The highest BCUT2D eigenvalue weighted by molar-refractivity contribution is 5.79. The van der Waals surface area contributed by atoms with Crippen LogP contribution in [0, 0.1) is 11.8 Å². The van der Waals surface area contributed by atoms with Crippen molar-refractivity contribution >= 4 is 11.9 Å². The molecule has 1 fully saturated rings. The van der Waals surface area contributed by atoms with E-state index in [1.54, 1.807) is 7.11 Å². The molecule has 3 atom stereocenters. The number of aliphatic carboxylic acids is 1. The van der Waals surface area contributed by atoms with Gasteiger partial charge in [0, 0.05) is 32.0 Å². The van der Waals surface area contributed by atoms with E-state index in [0.29, 0.717) is 19.5 Å². The number of amides is 1. The number of carboxylic acid groups (broad SMARTS) is 1. The van der Waals surface area contributed by atoms with Gasteiger partial charge in [0.1, 0.15) is 5.75 Å². The molecule has 1 aliphatic heterocycles. The van der Waals surface area contributed by atoms with Gasteiger partial charge < -0.3 is 29.3 Å². The third-order valence-corrected chi connectivity index (χ3v) is 6.12. The second-order valence-corrected chi connectivity index (χ2v) is 8.80. The number of carbonyl (C=O) groups is 2. The molecule has 0 radical (unpaired) electrons. The molecule has 1 unspecified atom stereocenters. The molecule has 1 aromatic rings. The van der Waals surface area contributed by atoms with Crippen LogP contribution in [-0.4, -0.2) is 82.7 Å². The summed E-state index contributed by atoms with van der Waals surface area (Å²) in [6, 6.07) is 7.56. The molecule has 1 N–H and O–H groups in total. The minimum atomic E-state index is -0.990. The van der Waals surface area contributed by atoms with Crippen LogP contribution in [0.25, 0.3) is 0 Å². The molecule has 1 saturated heterocycles. The van der Waals surface area contributed by atoms with E-state index in [1.807, 2.05) is 29.2 Å². The molecule has 0 bridgehead atoms. The second-order valence-electron chi connectivity index (χ2n) is 8.80. The average molecular weight is 420 g/mol. The van der Waals surface area contributed by atoms with Gasteiger partial charge in [-0.05, 0) is 56.5 Å². The summed E-state index contributed by atoms with van der Waals surface area (Å²) in [7, 11) is 7.93. The highest BCUT2D eigenvalue weighted by Crippen LogP contribution is 2.29. The van der Waals surface area contributed by atoms with Gasteiger partial charge in [-0.1, -0.05) is 12.1 Å². The fraction of sp³-hybridized carbons (Fsp3) is 0.652. The fourth-order valence-corrected chi connectivity index (χ4v) is 4.12. The minimum Gasteiger partial charge on any atom is -0.550 e. The fourth-order valence-electron chi connectivity index (χ4n) is 4.12. The Labute approximate surface area is 180 Å². The lowest BCUT2D eigenvalue weighted by molar-refractivity contribution is -0.879. The quantitative estimate of drug-likeness (QED) is 0.514. The zero-order valence-corrected chi connectivity index (χ0v) is 18.9. The van der Waals surface area contributed by atoms with Crippen molar-refractivity contribution < 1.29 is 24.3 Å². The number of hydrogen-bond donors (Lipinski definition) is 1. The molecule has 1 amide bonds. The van der Waals surface area contributed by atoms with Crippen LogP contribution in [-0.2, 0) is 16.0 Å². The summed E-state index contributed by atoms with van der Waals surface area (Å²) < 4.78 is 5.17. The molecule has 0 aliphatic carbocycles. The number of nitrogens with one attached hydrogen (secondary N) is 1. The van der Waals surface area contributed by atoms with Crippen LogP contribution in [0.5, 0.6) is 5.75 Å². The van der Waals surface area contributed by atoms with Crippen LogP contribution in [0.1, 0.15) is 24.8 Å². The first kappa shape index (κ1) is 24.2. The van der Waals surface area contributed by atoms with E-state index >= 15 is 0 Å². The van der Waals surface area contributed by atoms with Crippen molar-refractivity contribution in [3.05, 3.63) is 29.8 Å². The number of carboxylic acids is 1. The van der Waals surface area contributed by atoms with E-state index in [1.165, 1.54) is 4.90 Å². The molecule has 2 rings (SSSR count). The summed E-state index contributed by atoms with van der Waals surface area (Å²) >= 11 is 0. The lowest BCUT2D eigenvalue weighted by atomic mass is 9.81. The molecular formula is C23H37N3O4. The lowest BCUT2D eigenvalue weighted by Gasteiger charge is -2.39. The lowest BCUT2D eigenvalue weighted by Crippen LogP contribution is -3.09. The number of likely N-dealkylation sites (N-methyl/N-ethyl adjacent to an activating group) is 2. The highest BCUT2D eigenvalue weighted by Gasteiger charge is 2.32. The molecule has 30 heavy (non-hydrogen) atoms. The van der Waals surface area contributed by atoms with Crippen molar-refractivity contribution in [3.63, 3.8) is 0 Å². The van der Waals surface area contributed by atoms with Crippen LogP contribution in [0.2, 0.25) is 0 Å².